The first-order valence-corrected chi connectivity index (χ1v) is 12.8. The number of aromatic nitrogens is 5. The molecule has 4 heterocycles. The van der Waals surface area contributed by atoms with Gasteiger partial charge < -0.3 is 20.3 Å². The Morgan fingerprint density at radius 1 is 1.29 bits per heavy atom. The van der Waals surface area contributed by atoms with E-state index in [0.717, 1.165) is 31.6 Å². The molecule has 222 valence electrons. The molecule has 5 rings (SSSR count). The zero-order valence-electron chi connectivity index (χ0n) is 22.2. The fourth-order valence-corrected chi connectivity index (χ4v) is 4.26. The van der Waals surface area contributed by atoms with E-state index in [1.165, 1.54) is 23.0 Å². The summed E-state index contributed by atoms with van der Waals surface area (Å²) in [6.07, 6.45) is -0.334. The van der Waals surface area contributed by atoms with Gasteiger partial charge in [0.25, 0.3) is 11.8 Å². The molecule has 17 heteroatoms. The van der Waals surface area contributed by atoms with Crippen molar-refractivity contribution in [1.82, 2.24) is 40.4 Å². The second-order valence-electron chi connectivity index (χ2n) is 10.7. The van der Waals surface area contributed by atoms with Gasteiger partial charge in [0.2, 0.25) is 0 Å². The number of halogens is 5. The largest absolute Gasteiger partial charge is 0.416 e. The van der Waals surface area contributed by atoms with E-state index in [1.807, 2.05) is 0 Å². The Bertz CT molecular complexity index is 1450. The lowest BCUT2D eigenvalue weighted by atomic mass is 10.1. The molecule has 12 nitrogen and oxygen atoms in total. The minimum absolute atomic E-state index is 0.0163. The molecule has 3 amide bonds. The van der Waals surface area contributed by atoms with Gasteiger partial charge >= 0.3 is 12.2 Å². The van der Waals surface area contributed by atoms with Crippen molar-refractivity contribution >= 4 is 17.6 Å². The van der Waals surface area contributed by atoms with Crippen LogP contribution in [-0.2, 0) is 4.74 Å². The van der Waals surface area contributed by atoms with Crippen LogP contribution in [0.4, 0.5) is 26.7 Å². The van der Waals surface area contributed by atoms with Crippen LogP contribution in [0.25, 0.3) is 5.65 Å². The summed E-state index contributed by atoms with van der Waals surface area (Å²) < 4.78 is 79.6. The molecule has 0 aromatic carbocycles. The number of ether oxygens (including phenoxy) is 1. The van der Waals surface area contributed by atoms with Crippen LogP contribution in [0.15, 0.2) is 23.1 Å². The fraction of sp³-hybridized carbons (Fsp3) is 0.583. The van der Waals surface area contributed by atoms with Gasteiger partial charge in [0.15, 0.2) is 16.9 Å². The number of carbonyl (C=O) groups is 2. The fourth-order valence-electron chi connectivity index (χ4n) is 4.26. The van der Waals surface area contributed by atoms with E-state index in [0.29, 0.717) is 11.3 Å². The Labute approximate surface area is 229 Å². The van der Waals surface area contributed by atoms with Crippen LogP contribution in [0.1, 0.15) is 79.1 Å². The molecule has 3 aromatic rings. The number of imidazole rings is 1. The Hall–Kier alpha value is -3.89. The normalized spacial score (nSPS) is 19.2. The quantitative estimate of drug-likeness (QED) is 0.363. The molecule has 1 saturated carbocycles. The molecule has 1 saturated heterocycles. The Kier molecular flexibility index (Phi) is 7.11. The Morgan fingerprint density at radius 2 is 2.02 bits per heavy atom. The number of rotatable bonds is 9. The summed E-state index contributed by atoms with van der Waals surface area (Å²) in [6.45, 7) is 1.11. The van der Waals surface area contributed by atoms with E-state index >= 15 is 0 Å². The van der Waals surface area contributed by atoms with Crippen molar-refractivity contribution in [3.05, 3.63) is 41.1 Å². The van der Waals surface area contributed by atoms with Crippen molar-refractivity contribution in [1.29, 1.82) is 0 Å². The van der Waals surface area contributed by atoms with Gasteiger partial charge in [-0.1, -0.05) is 5.16 Å². The molecule has 2 fully saturated rings. The van der Waals surface area contributed by atoms with Crippen LogP contribution in [0, 0.1) is 0 Å². The standard InChI is InChI=1S/C24H27F5N8O4/c1-12(36-11-23(25,26)10-30-21(36)39)14-6-17-32-15(8-37(17)31-7-14)16(9-40-22(2,3)24(27,28)29)33-20(38)19-18(13-4-5-13)34-41-35-19/h6-8,12-13,16H,4-5,9-11H2,1-3H3,(H,30,39)(H,33,38). The molecule has 2 unspecified atom stereocenters. The van der Waals surface area contributed by atoms with Crippen LogP contribution in [0.5, 0.6) is 0 Å². The van der Waals surface area contributed by atoms with E-state index in [1.54, 1.807) is 6.92 Å². The minimum Gasteiger partial charge on any atom is -0.364 e. The van der Waals surface area contributed by atoms with Crippen LogP contribution in [0.2, 0.25) is 0 Å². The number of nitrogens with zero attached hydrogens (tertiary/aromatic N) is 6. The molecular weight excluding hydrogens is 559 g/mol. The lowest BCUT2D eigenvalue weighted by Crippen LogP contribution is -2.57. The first-order valence-electron chi connectivity index (χ1n) is 12.8. The van der Waals surface area contributed by atoms with Crippen LogP contribution in [0.3, 0.4) is 0 Å². The van der Waals surface area contributed by atoms with Crippen molar-refractivity contribution in [3.63, 3.8) is 0 Å². The third-order valence-electron chi connectivity index (χ3n) is 7.12. The number of nitrogens with one attached hydrogen (secondary N) is 2. The number of hydrogen-bond donors (Lipinski definition) is 2. The van der Waals surface area contributed by atoms with Gasteiger partial charge in [0.05, 0.1) is 49.9 Å². The summed E-state index contributed by atoms with van der Waals surface area (Å²) in [5.74, 6) is -3.83. The average Bonchev–Trinajstić information content (AvgIpc) is 3.46. The summed E-state index contributed by atoms with van der Waals surface area (Å²) in [5, 5.41) is 16.4. The highest BCUT2D eigenvalue weighted by Crippen LogP contribution is 2.40. The minimum atomic E-state index is -4.69. The summed E-state index contributed by atoms with van der Waals surface area (Å²) >= 11 is 0. The van der Waals surface area contributed by atoms with Crippen molar-refractivity contribution in [2.45, 2.75) is 69.3 Å². The number of fused-ring (bicyclic) bond motifs is 1. The van der Waals surface area contributed by atoms with Gasteiger partial charge in [-0.2, -0.15) is 18.3 Å². The molecule has 1 aliphatic carbocycles. The number of urea groups is 1. The number of carbonyl (C=O) groups excluding carboxylic acids is 2. The second kappa shape index (κ2) is 10.2. The van der Waals surface area contributed by atoms with Gasteiger partial charge in [-0.3, -0.25) is 4.79 Å². The van der Waals surface area contributed by atoms with Crippen LogP contribution >= 0.6 is 0 Å². The summed E-state index contributed by atoms with van der Waals surface area (Å²) in [4.78, 5) is 30.7. The van der Waals surface area contributed by atoms with Crippen molar-refractivity contribution in [2.75, 3.05) is 19.7 Å². The van der Waals surface area contributed by atoms with E-state index in [2.05, 4.69) is 31.0 Å². The third-order valence-corrected chi connectivity index (χ3v) is 7.12. The van der Waals surface area contributed by atoms with Gasteiger partial charge in [0.1, 0.15) is 5.69 Å². The highest BCUT2D eigenvalue weighted by Gasteiger charge is 2.49. The Balaban J connectivity index is 1.42. The smallest absolute Gasteiger partial charge is 0.364 e. The highest BCUT2D eigenvalue weighted by molar-refractivity contribution is 5.93. The molecular formula is C24H27F5N8O4. The third kappa shape index (κ3) is 5.94. The van der Waals surface area contributed by atoms with Crippen molar-refractivity contribution in [3.8, 4) is 0 Å². The van der Waals surface area contributed by atoms with E-state index < -0.39 is 61.4 Å². The lowest BCUT2D eigenvalue weighted by Gasteiger charge is -2.36. The first kappa shape index (κ1) is 28.6. The molecule has 1 aliphatic heterocycles. The monoisotopic (exact) mass is 586 g/mol. The van der Waals surface area contributed by atoms with Crippen molar-refractivity contribution < 1.29 is 40.9 Å². The molecule has 0 radical (unpaired) electrons. The zero-order chi connectivity index (χ0) is 29.7. The maximum Gasteiger partial charge on any atom is 0.416 e. The average molecular weight is 587 g/mol. The number of hydrogen-bond acceptors (Lipinski definition) is 8. The first-order chi connectivity index (χ1) is 19.1. The maximum absolute atomic E-state index is 13.9. The molecule has 41 heavy (non-hydrogen) atoms. The van der Waals surface area contributed by atoms with E-state index in [-0.39, 0.29) is 23.0 Å². The van der Waals surface area contributed by atoms with E-state index in [9.17, 15) is 31.5 Å². The van der Waals surface area contributed by atoms with Crippen LogP contribution < -0.4 is 10.6 Å². The molecule has 2 atom stereocenters. The molecule has 0 spiro atoms. The molecule has 2 aliphatic rings. The number of amides is 3. The summed E-state index contributed by atoms with van der Waals surface area (Å²) in [6, 6.07) is -1.13. The van der Waals surface area contributed by atoms with Gasteiger partial charge in [-0.25, -0.2) is 27.7 Å². The second-order valence-corrected chi connectivity index (χ2v) is 10.7. The van der Waals surface area contributed by atoms with Gasteiger partial charge in [0, 0.05) is 5.92 Å². The van der Waals surface area contributed by atoms with Gasteiger partial charge in [-0.15, -0.1) is 0 Å². The molecule has 3 aromatic heterocycles. The Morgan fingerprint density at radius 3 is 2.71 bits per heavy atom. The SMILES string of the molecule is CC(c1cnn2cc(C(COC(C)(C)C(F)(F)F)NC(=O)c3nonc3C3CC3)nc2c1)N1CC(F)(F)CNC1=O. The highest BCUT2D eigenvalue weighted by atomic mass is 19.4. The summed E-state index contributed by atoms with van der Waals surface area (Å²) in [7, 11) is 0. The lowest BCUT2D eigenvalue weighted by molar-refractivity contribution is -0.265. The van der Waals surface area contributed by atoms with Crippen molar-refractivity contribution in [2.24, 2.45) is 0 Å². The number of alkyl halides is 5. The van der Waals surface area contributed by atoms with E-state index in [4.69, 9.17) is 9.37 Å². The topological polar surface area (TPSA) is 140 Å². The van der Waals surface area contributed by atoms with Crippen LogP contribution in [-0.4, -0.2) is 79.1 Å². The zero-order valence-corrected chi connectivity index (χ0v) is 22.2. The molecule has 0 bridgehead atoms. The predicted octanol–water partition coefficient (Wildman–Crippen LogP) is 3.54. The molecule has 2 N–H and O–H groups in total. The predicted molar refractivity (Wildman–Crippen MR) is 129 cm³/mol. The maximum atomic E-state index is 13.9. The van der Waals surface area contributed by atoms with Gasteiger partial charge in [-0.05, 0) is 50.4 Å². The summed E-state index contributed by atoms with van der Waals surface area (Å²) in [5.41, 5.74) is -1.56.